The van der Waals surface area contributed by atoms with E-state index in [4.69, 9.17) is 14.0 Å². The third-order valence-corrected chi connectivity index (χ3v) is 4.29. The van der Waals surface area contributed by atoms with Crippen molar-refractivity contribution in [1.82, 2.24) is 10.1 Å². The van der Waals surface area contributed by atoms with Gasteiger partial charge in [-0.1, -0.05) is 35.5 Å². The quantitative estimate of drug-likeness (QED) is 0.705. The maximum absolute atomic E-state index is 5.41. The first-order valence-corrected chi connectivity index (χ1v) is 8.51. The third kappa shape index (κ3) is 4.03. The summed E-state index contributed by atoms with van der Waals surface area (Å²) in [5, 5.41) is 4.08. The van der Waals surface area contributed by atoms with Crippen LogP contribution in [-0.2, 0) is 13.1 Å². The van der Waals surface area contributed by atoms with E-state index in [1.807, 2.05) is 42.5 Å². The first-order chi connectivity index (χ1) is 12.6. The highest BCUT2D eigenvalue weighted by molar-refractivity contribution is 5.53. The van der Waals surface area contributed by atoms with Gasteiger partial charge in [0.25, 0.3) is 5.89 Å². The fraction of sp³-hybridized carbons (Fsp3) is 0.300. The molecule has 0 saturated carbocycles. The number of nitrogens with one attached hydrogen (secondary N) is 1. The van der Waals surface area contributed by atoms with Gasteiger partial charge in [0, 0.05) is 11.1 Å². The van der Waals surface area contributed by atoms with E-state index in [0.717, 1.165) is 29.2 Å². The van der Waals surface area contributed by atoms with Crippen molar-refractivity contribution in [3.05, 3.63) is 59.5 Å². The zero-order valence-electron chi connectivity index (χ0n) is 15.6. The number of ether oxygens (including phenoxy) is 2. The Kier molecular flexibility index (Phi) is 5.53. The molecule has 3 rings (SSSR count). The second-order valence-corrected chi connectivity index (χ2v) is 6.32. The van der Waals surface area contributed by atoms with Gasteiger partial charge in [0.05, 0.1) is 21.3 Å². The summed E-state index contributed by atoms with van der Waals surface area (Å²) in [6.07, 6.45) is 0. The minimum Gasteiger partial charge on any atom is -0.493 e. The average molecular weight is 354 g/mol. The van der Waals surface area contributed by atoms with Crippen LogP contribution in [0.4, 0.5) is 0 Å². The van der Waals surface area contributed by atoms with Crippen molar-refractivity contribution in [2.24, 2.45) is 0 Å². The highest BCUT2D eigenvalue weighted by Crippen LogP contribution is 2.29. The van der Waals surface area contributed by atoms with Crippen LogP contribution in [0.5, 0.6) is 11.5 Å². The van der Waals surface area contributed by atoms with Gasteiger partial charge in [-0.15, -0.1) is 0 Å². The fourth-order valence-corrected chi connectivity index (χ4v) is 2.89. The Morgan fingerprint density at radius 3 is 2.38 bits per heavy atom. The highest BCUT2D eigenvalue weighted by atomic mass is 16.5. The lowest BCUT2D eigenvalue weighted by atomic mass is 10.1. The number of hydrogen-bond donors (Lipinski definition) is 1. The summed E-state index contributed by atoms with van der Waals surface area (Å²) in [7, 11) is 5.40. The van der Waals surface area contributed by atoms with Gasteiger partial charge in [0.1, 0.15) is 6.54 Å². The molecule has 1 unspecified atom stereocenters. The van der Waals surface area contributed by atoms with Gasteiger partial charge in [-0.25, -0.2) is 0 Å². The van der Waals surface area contributed by atoms with Crippen LogP contribution < -0.4 is 14.4 Å². The predicted octanol–water partition coefficient (Wildman–Crippen LogP) is 2.28. The molecule has 6 heteroatoms. The van der Waals surface area contributed by atoms with E-state index in [2.05, 4.69) is 24.1 Å². The van der Waals surface area contributed by atoms with Crippen molar-refractivity contribution < 1.29 is 18.9 Å². The molecule has 1 heterocycles. The van der Waals surface area contributed by atoms with Crippen LogP contribution in [-0.4, -0.2) is 31.4 Å². The van der Waals surface area contributed by atoms with E-state index in [1.54, 1.807) is 14.2 Å². The number of rotatable bonds is 7. The number of quaternary nitrogens is 1. The number of nitrogens with zero attached hydrogens (tertiary/aromatic N) is 2. The van der Waals surface area contributed by atoms with Crippen molar-refractivity contribution >= 4 is 0 Å². The van der Waals surface area contributed by atoms with Crippen molar-refractivity contribution in [2.75, 3.05) is 21.3 Å². The molecule has 0 saturated heterocycles. The highest BCUT2D eigenvalue weighted by Gasteiger charge is 2.16. The Hall–Kier alpha value is -2.86. The Labute approximate surface area is 153 Å². The number of aromatic nitrogens is 2. The lowest BCUT2D eigenvalue weighted by Crippen LogP contribution is -3.06. The lowest BCUT2D eigenvalue weighted by Gasteiger charge is -2.16. The first kappa shape index (κ1) is 17.9. The van der Waals surface area contributed by atoms with Gasteiger partial charge in [-0.3, -0.25) is 0 Å². The van der Waals surface area contributed by atoms with Gasteiger partial charge in [-0.05, 0) is 24.6 Å². The van der Waals surface area contributed by atoms with Crippen LogP contribution in [0.1, 0.15) is 17.0 Å². The van der Waals surface area contributed by atoms with Crippen LogP contribution >= 0.6 is 0 Å². The number of hydrogen-bond acceptors (Lipinski definition) is 5. The lowest BCUT2D eigenvalue weighted by molar-refractivity contribution is -0.909. The monoisotopic (exact) mass is 354 g/mol. The summed E-state index contributed by atoms with van der Waals surface area (Å²) in [4.78, 5) is 5.74. The molecule has 1 N–H and O–H groups in total. The maximum Gasteiger partial charge on any atom is 0.282 e. The van der Waals surface area contributed by atoms with Gasteiger partial charge in [0.15, 0.2) is 18.0 Å². The van der Waals surface area contributed by atoms with Gasteiger partial charge < -0.3 is 18.9 Å². The summed E-state index contributed by atoms with van der Waals surface area (Å²) >= 11 is 0. The van der Waals surface area contributed by atoms with E-state index in [1.165, 1.54) is 10.5 Å². The topological polar surface area (TPSA) is 61.8 Å². The molecule has 3 aromatic rings. The second-order valence-electron chi connectivity index (χ2n) is 6.32. The summed E-state index contributed by atoms with van der Waals surface area (Å²) in [6.45, 7) is 3.54. The second kappa shape index (κ2) is 8.01. The molecule has 0 bridgehead atoms. The normalized spacial score (nSPS) is 12.0. The molecule has 0 radical (unpaired) electrons. The van der Waals surface area contributed by atoms with E-state index in [0.29, 0.717) is 18.3 Å². The van der Waals surface area contributed by atoms with Crippen LogP contribution in [0.25, 0.3) is 11.4 Å². The summed E-state index contributed by atoms with van der Waals surface area (Å²) < 4.78 is 16.2. The van der Waals surface area contributed by atoms with Gasteiger partial charge >= 0.3 is 0 Å². The summed E-state index contributed by atoms with van der Waals surface area (Å²) in [5.74, 6) is 2.73. The summed E-state index contributed by atoms with van der Waals surface area (Å²) in [5.41, 5.74) is 3.32. The van der Waals surface area contributed by atoms with E-state index >= 15 is 0 Å². The Morgan fingerprint density at radius 2 is 1.69 bits per heavy atom. The molecule has 1 atom stereocenters. The number of methoxy groups -OCH3 is 2. The molecule has 1 aromatic heterocycles. The molecular formula is C20H24N3O3+. The molecule has 0 amide bonds. The molecule has 6 nitrogen and oxygen atoms in total. The maximum atomic E-state index is 5.41. The Morgan fingerprint density at radius 1 is 1.00 bits per heavy atom. The first-order valence-electron chi connectivity index (χ1n) is 8.51. The predicted molar refractivity (Wildman–Crippen MR) is 98.3 cm³/mol. The zero-order valence-corrected chi connectivity index (χ0v) is 15.6. The number of aryl methyl sites for hydroxylation is 1. The van der Waals surface area contributed by atoms with Crippen molar-refractivity contribution in [1.29, 1.82) is 0 Å². The zero-order chi connectivity index (χ0) is 18.5. The third-order valence-electron chi connectivity index (χ3n) is 4.29. The standard InChI is InChI=1S/C20H23N3O3/c1-14-10-17(24-3)18(25-4)11-16(14)12-23(2)13-19-21-20(22-26-19)15-8-6-5-7-9-15/h5-11H,12-13H2,1-4H3/p+1. The molecule has 26 heavy (non-hydrogen) atoms. The van der Waals surface area contributed by atoms with Crippen molar-refractivity contribution in [3.63, 3.8) is 0 Å². The van der Waals surface area contributed by atoms with E-state index < -0.39 is 0 Å². The van der Waals surface area contributed by atoms with Crippen LogP contribution in [0.3, 0.4) is 0 Å². The van der Waals surface area contributed by atoms with Crippen molar-refractivity contribution in [2.45, 2.75) is 20.0 Å². The average Bonchev–Trinajstić information content (AvgIpc) is 3.12. The van der Waals surface area contributed by atoms with Crippen molar-refractivity contribution in [3.8, 4) is 22.9 Å². The molecule has 0 fully saturated rings. The molecule has 136 valence electrons. The smallest absolute Gasteiger partial charge is 0.282 e. The molecule has 2 aromatic carbocycles. The molecule has 0 aliphatic heterocycles. The SMILES string of the molecule is COc1cc(C)c(C[NH+](C)Cc2nc(-c3ccccc3)no2)cc1OC. The van der Waals surface area contributed by atoms with Crippen LogP contribution in [0, 0.1) is 6.92 Å². The summed E-state index contributed by atoms with van der Waals surface area (Å²) in [6, 6.07) is 13.9. The van der Waals surface area contributed by atoms with Crippen LogP contribution in [0.15, 0.2) is 47.0 Å². The Balaban J connectivity index is 1.70. The minimum absolute atomic E-state index is 0.621. The number of benzene rings is 2. The molecular weight excluding hydrogens is 330 g/mol. The van der Waals surface area contributed by atoms with Gasteiger partial charge in [-0.2, -0.15) is 4.98 Å². The fourth-order valence-electron chi connectivity index (χ4n) is 2.89. The van der Waals surface area contributed by atoms with E-state index in [-0.39, 0.29) is 0 Å². The molecule has 0 spiro atoms. The molecule has 0 aliphatic rings. The molecule has 0 aliphatic carbocycles. The van der Waals surface area contributed by atoms with Crippen LogP contribution in [0.2, 0.25) is 0 Å². The minimum atomic E-state index is 0.621. The van der Waals surface area contributed by atoms with E-state index in [9.17, 15) is 0 Å². The Bertz CT molecular complexity index is 862. The largest absolute Gasteiger partial charge is 0.493 e. The van der Waals surface area contributed by atoms with Gasteiger partial charge in [0.2, 0.25) is 5.82 Å².